The Labute approximate surface area is 207 Å². The molecule has 1 saturated heterocycles. The van der Waals surface area contributed by atoms with Gasteiger partial charge in [0.1, 0.15) is 16.4 Å². The molecule has 2 heterocycles. The number of benzene rings is 2. The quantitative estimate of drug-likeness (QED) is 0.447. The molecule has 1 aromatic heterocycles. The Morgan fingerprint density at radius 3 is 2.29 bits per heavy atom. The highest BCUT2D eigenvalue weighted by Gasteiger charge is 2.21. The molecule has 3 aromatic rings. The summed E-state index contributed by atoms with van der Waals surface area (Å²) in [6.45, 7) is 8.78. The smallest absolute Gasteiger partial charge is 0.265 e. The molecule has 1 aliphatic heterocycles. The molecule has 0 spiro atoms. The van der Waals surface area contributed by atoms with Gasteiger partial charge < -0.3 is 14.4 Å². The van der Waals surface area contributed by atoms with E-state index < -0.39 is 10.0 Å². The zero-order valence-corrected chi connectivity index (χ0v) is 21.2. The fourth-order valence-corrected chi connectivity index (χ4v) is 5.23. The Bertz CT molecular complexity index is 1220. The number of piperidine rings is 1. The van der Waals surface area contributed by atoms with E-state index in [1.165, 1.54) is 18.9 Å². The van der Waals surface area contributed by atoms with Gasteiger partial charge in [-0.05, 0) is 69.0 Å². The third-order valence-electron chi connectivity index (χ3n) is 6.01. The monoisotopic (exact) mass is 496 g/mol. The Balaban J connectivity index is 1.47. The van der Waals surface area contributed by atoms with Gasteiger partial charge in [0, 0.05) is 30.4 Å². The van der Waals surface area contributed by atoms with Crippen molar-refractivity contribution < 1.29 is 17.9 Å². The minimum absolute atomic E-state index is 0.0560. The van der Waals surface area contributed by atoms with Crippen LogP contribution >= 0.6 is 0 Å². The number of hydrogen-bond acceptors (Lipinski definition) is 7. The van der Waals surface area contributed by atoms with Crippen molar-refractivity contribution in [2.24, 2.45) is 5.92 Å². The molecule has 0 radical (unpaired) electrons. The fraction of sp³-hybridized carbons (Fsp3) is 0.385. The van der Waals surface area contributed by atoms with E-state index in [0.29, 0.717) is 24.7 Å². The van der Waals surface area contributed by atoms with Crippen LogP contribution in [0.4, 0.5) is 11.5 Å². The van der Waals surface area contributed by atoms with Crippen LogP contribution in [0.1, 0.15) is 33.6 Å². The van der Waals surface area contributed by atoms with Crippen molar-refractivity contribution in [3.05, 3.63) is 54.6 Å². The van der Waals surface area contributed by atoms with Gasteiger partial charge in [0.15, 0.2) is 5.82 Å². The lowest BCUT2D eigenvalue weighted by atomic mass is 9.99. The molecular formula is C26H32N4O4S. The summed E-state index contributed by atoms with van der Waals surface area (Å²) >= 11 is 0. The first kappa shape index (κ1) is 24.8. The molecule has 0 atom stereocenters. The third-order valence-corrected chi connectivity index (χ3v) is 7.43. The van der Waals surface area contributed by atoms with Gasteiger partial charge >= 0.3 is 0 Å². The molecule has 1 N–H and O–H groups in total. The number of nitrogens with one attached hydrogen (secondary N) is 1. The molecule has 0 aliphatic carbocycles. The summed E-state index contributed by atoms with van der Waals surface area (Å²) in [6, 6.07) is 15.7. The molecule has 35 heavy (non-hydrogen) atoms. The molecule has 4 rings (SSSR count). The average molecular weight is 497 g/mol. The van der Waals surface area contributed by atoms with Crippen molar-refractivity contribution in [1.82, 2.24) is 10.2 Å². The zero-order valence-electron chi connectivity index (χ0n) is 20.4. The van der Waals surface area contributed by atoms with Gasteiger partial charge in [0.05, 0.1) is 18.9 Å². The van der Waals surface area contributed by atoms with Crippen LogP contribution in [0.3, 0.4) is 0 Å². The molecule has 186 valence electrons. The fourth-order valence-electron chi connectivity index (χ4n) is 4.04. The third kappa shape index (κ3) is 6.03. The van der Waals surface area contributed by atoms with Gasteiger partial charge in [0.2, 0.25) is 0 Å². The molecule has 9 heteroatoms. The van der Waals surface area contributed by atoms with Crippen LogP contribution in [0.2, 0.25) is 0 Å². The van der Waals surface area contributed by atoms with E-state index in [0.717, 1.165) is 36.1 Å². The van der Waals surface area contributed by atoms with Gasteiger partial charge in [-0.15, -0.1) is 10.2 Å². The molecular weight excluding hydrogens is 464 g/mol. The van der Waals surface area contributed by atoms with Crippen molar-refractivity contribution in [3.8, 4) is 22.8 Å². The summed E-state index contributed by atoms with van der Waals surface area (Å²) in [7, 11) is -3.86. The summed E-state index contributed by atoms with van der Waals surface area (Å²) in [6.07, 6.45) is 2.34. The molecule has 0 bridgehead atoms. The van der Waals surface area contributed by atoms with Crippen molar-refractivity contribution >= 4 is 21.5 Å². The van der Waals surface area contributed by atoms with E-state index in [2.05, 4.69) is 26.7 Å². The minimum Gasteiger partial charge on any atom is -0.494 e. The second kappa shape index (κ2) is 10.9. The van der Waals surface area contributed by atoms with Crippen molar-refractivity contribution in [2.45, 2.75) is 38.5 Å². The molecule has 1 aliphatic rings. The highest BCUT2D eigenvalue weighted by Crippen LogP contribution is 2.31. The number of ether oxygens (including phenoxy) is 2. The Morgan fingerprint density at radius 2 is 1.66 bits per heavy atom. The van der Waals surface area contributed by atoms with Crippen molar-refractivity contribution in [1.29, 1.82) is 0 Å². The predicted molar refractivity (Wildman–Crippen MR) is 138 cm³/mol. The van der Waals surface area contributed by atoms with E-state index >= 15 is 0 Å². The Morgan fingerprint density at radius 1 is 0.943 bits per heavy atom. The van der Waals surface area contributed by atoms with Crippen molar-refractivity contribution in [2.75, 3.05) is 35.9 Å². The Hall–Kier alpha value is -3.33. The van der Waals surface area contributed by atoms with Crippen LogP contribution in [0.25, 0.3) is 11.3 Å². The molecule has 0 saturated carbocycles. The van der Waals surface area contributed by atoms with Crippen LogP contribution < -0.4 is 19.1 Å². The van der Waals surface area contributed by atoms with Gasteiger partial charge in [-0.2, -0.15) is 0 Å². The SMILES string of the molecule is CCOc1ccc(S(=O)(=O)Nc2ccc(-c3ccc(N4CCC(C)CC4)nn3)cc2)c(OCC)c1. The second-order valence-corrected chi connectivity index (χ2v) is 10.3. The second-order valence-electron chi connectivity index (χ2n) is 8.60. The summed E-state index contributed by atoms with van der Waals surface area (Å²) in [5.41, 5.74) is 2.03. The lowest BCUT2D eigenvalue weighted by Crippen LogP contribution is -2.33. The maximum absolute atomic E-state index is 13.1. The van der Waals surface area contributed by atoms with Crippen molar-refractivity contribution in [3.63, 3.8) is 0 Å². The molecule has 2 aromatic carbocycles. The van der Waals surface area contributed by atoms with E-state index in [-0.39, 0.29) is 10.6 Å². The van der Waals surface area contributed by atoms with Gasteiger partial charge in [0.25, 0.3) is 10.0 Å². The maximum Gasteiger partial charge on any atom is 0.265 e. The maximum atomic E-state index is 13.1. The van der Waals surface area contributed by atoms with Crippen LogP contribution in [-0.4, -0.2) is 44.9 Å². The highest BCUT2D eigenvalue weighted by atomic mass is 32.2. The molecule has 8 nitrogen and oxygen atoms in total. The first-order valence-electron chi connectivity index (χ1n) is 12.0. The first-order chi connectivity index (χ1) is 16.9. The summed E-state index contributed by atoms with van der Waals surface area (Å²) in [5.74, 6) is 2.46. The summed E-state index contributed by atoms with van der Waals surface area (Å²) in [5, 5.41) is 8.80. The lowest BCUT2D eigenvalue weighted by molar-refractivity contribution is 0.317. The first-order valence-corrected chi connectivity index (χ1v) is 13.5. The molecule has 0 unspecified atom stereocenters. The number of nitrogens with zero attached hydrogens (tertiary/aromatic N) is 3. The van der Waals surface area contributed by atoms with E-state index in [1.807, 2.05) is 31.2 Å². The van der Waals surface area contributed by atoms with Crippen LogP contribution in [0.5, 0.6) is 11.5 Å². The van der Waals surface area contributed by atoms with Crippen LogP contribution in [0.15, 0.2) is 59.5 Å². The summed E-state index contributed by atoms with van der Waals surface area (Å²) in [4.78, 5) is 2.33. The Kier molecular flexibility index (Phi) is 7.75. The lowest BCUT2D eigenvalue weighted by Gasteiger charge is -2.30. The minimum atomic E-state index is -3.86. The number of aromatic nitrogens is 2. The van der Waals surface area contributed by atoms with Crippen LogP contribution in [0, 0.1) is 5.92 Å². The van der Waals surface area contributed by atoms with E-state index in [1.54, 1.807) is 31.2 Å². The standard InChI is InChI=1S/C26H32N4O4S/c1-4-33-22-10-12-25(24(18-22)34-5-2)35(31,32)29-21-8-6-20(7-9-21)23-11-13-26(28-27-23)30-16-14-19(3)15-17-30/h6-13,18-19,29H,4-5,14-17H2,1-3H3. The number of hydrogen-bond donors (Lipinski definition) is 1. The molecule has 1 fully saturated rings. The number of rotatable bonds is 9. The highest BCUT2D eigenvalue weighted by molar-refractivity contribution is 7.92. The number of anilines is 2. The normalized spacial score (nSPS) is 14.5. The summed E-state index contributed by atoms with van der Waals surface area (Å²) < 4.78 is 39.8. The zero-order chi connectivity index (χ0) is 24.8. The average Bonchev–Trinajstić information content (AvgIpc) is 2.85. The topological polar surface area (TPSA) is 93.7 Å². The van der Waals surface area contributed by atoms with Gasteiger partial charge in [-0.25, -0.2) is 8.42 Å². The van der Waals surface area contributed by atoms with E-state index in [9.17, 15) is 8.42 Å². The largest absolute Gasteiger partial charge is 0.494 e. The molecule has 0 amide bonds. The van der Waals surface area contributed by atoms with Gasteiger partial charge in [-0.1, -0.05) is 19.1 Å². The predicted octanol–water partition coefficient (Wildman–Crippen LogP) is 4.98. The van der Waals surface area contributed by atoms with Gasteiger partial charge in [-0.3, -0.25) is 4.72 Å². The number of sulfonamides is 1. The van der Waals surface area contributed by atoms with E-state index in [4.69, 9.17) is 9.47 Å². The van der Waals surface area contributed by atoms with Crippen LogP contribution in [-0.2, 0) is 10.0 Å².